The van der Waals surface area contributed by atoms with Crippen LogP contribution in [-0.4, -0.2) is 61.5 Å². The molecule has 0 atom stereocenters. The first-order valence-corrected chi connectivity index (χ1v) is 10.7. The number of carbonyl (C=O) groups is 1. The van der Waals surface area contributed by atoms with Crippen LogP contribution < -0.4 is 14.8 Å². The van der Waals surface area contributed by atoms with Gasteiger partial charge in [0.1, 0.15) is 23.0 Å². The maximum absolute atomic E-state index is 13.3. The number of urea groups is 1. The Bertz CT molecular complexity index is 1070. The monoisotopic (exact) mass is 462 g/mol. The van der Waals surface area contributed by atoms with E-state index in [1.54, 1.807) is 23.1 Å². The number of rotatable bonds is 2. The van der Waals surface area contributed by atoms with Gasteiger partial charge in [-0.1, -0.05) is 0 Å². The molecular weight excluding hydrogens is 437 g/mol. The topological polar surface area (TPSA) is 66.4 Å². The second-order valence-electron chi connectivity index (χ2n) is 7.74. The van der Waals surface area contributed by atoms with E-state index in [4.69, 9.17) is 9.47 Å². The molecule has 0 saturated carbocycles. The summed E-state index contributed by atoms with van der Waals surface area (Å²) in [6.45, 7) is 4.49. The summed E-state index contributed by atoms with van der Waals surface area (Å²) in [5, 5.41) is 2.81. The first-order valence-electron chi connectivity index (χ1n) is 10.7. The summed E-state index contributed by atoms with van der Waals surface area (Å²) in [4.78, 5) is 20.7. The number of hydrogen-bond acceptors (Lipinski definition) is 5. The third-order valence-electron chi connectivity index (χ3n) is 5.57. The number of fused-ring (bicyclic) bond motifs is 2. The van der Waals surface area contributed by atoms with Crippen molar-refractivity contribution in [2.24, 2.45) is 4.99 Å². The molecule has 4 rings (SSSR count). The number of amides is 2. The highest BCUT2D eigenvalue weighted by molar-refractivity contribution is 6.04. The van der Waals surface area contributed by atoms with Gasteiger partial charge in [-0.3, -0.25) is 0 Å². The summed E-state index contributed by atoms with van der Waals surface area (Å²) in [6.07, 6.45) is -3.81. The second-order valence-corrected chi connectivity index (χ2v) is 7.74. The normalized spacial score (nSPS) is 16.0. The van der Waals surface area contributed by atoms with E-state index in [9.17, 15) is 18.0 Å². The van der Waals surface area contributed by atoms with E-state index in [-0.39, 0.29) is 17.5 Å². The Morgan fingerprint density at radius 1 is 1.12 bits per heavy atom. The third-order valence-corrected chi connectivity index (χ3v) is 5.57. The Balaban J connectivity index is 1.75. The number of aliphatic imine (C=N–C) groups is 1. The molecule has 2 amide bonds. The van der Waals surface area contributed by atoms with Crippen molar-refractivity contribution in [1.29, 1.82) is 0 Å². The number of amidine groups is 1. The molecule has 0 unspecified atom stereocenters. The fraction of sp³-hybridized carbons (Fsp3) is 0.391. The summed E-state index contributed by atoms with van der Waals surface area (Å²) < 4.78 is 51.4. The Morgan fingerprint density at radius 2 is 1.91 bits per heavy atom. The predicted octanol–water partition coefficient (Wildman–Crippen LogP) is 4.64. The minimum atomic E-state index is -4.50. The van der Waals surface area contributed by atoms with Gasteiger partial charge in [0.15, 0.2) is 5.75 Å². The van der Waals surface area contributed by atoms with Crippen LogP contribution in [-0.2, 0) is 6.18 Å². The van der Waals surface area contributed by atoms with Crippen LogP contribution in [0.1, 0.15) is 24.5 Å². The molecule has 2 aromatic carbocycles. The van der Waals surface area contributed by atoms with Crippen molar-refractivity contribution in [3.63, 3.8) is 0 Å². The minimum absolute atomic E-state index is 0.0971. The van der Waals surface area contributed by atoms with Crippen LogP contribution in [0.25, 0.3) is 0 Å². The molecule has 1 saturated heterocycles. The molecule has 33 heavy (non-hydrogen) atoms. The van der Waals surface area contributed by atoms with E-state index in [1.807, 2.05) is 11.8 Å². The molecule has 10 heteroatoms. The first kappa shape index (κ1) is 22.8. The van der Waals surface area contributed by atoms with Crippen LogP contribution in [0.4, 0.5) is 23.7 Å². The Morgan fingerprint density at radius 3 is 2.64 bits per heavy atom. The van der Waals surface area contributed by atoms with E-state index in [1.165, 1.54) is 13.2 Å². The molecule has 7 nitrogen and oxygen atoms in total. The zero-order chi connectivity index (χ0) is 23.6. The predicted molar refractivity (Wildman–Crippen MR) is 118 cm³/mol. The molecule has 2 aromatic rings. The van der Waals surface area contributed by atoms with Gasteiger partial charge in [-0.05, 0) is 49.7 Å². The largest absolute Gasteiger partial charge is 0.497 e. The van der Waals surface area contributed by atoms with Crippen LogP contribution in [0.15, 0.2) is 41.4 Å². The SMILES string of the molecule is CCNC(=O)N1CCCN(C2=Nc3cc(C(F)(F)F)ccc3Oc3ccc(OC)cc32)CC1. The van der Waals surface area contributed by atoms with Crippen molar-refractivity contribution in [1.82, 2.24) is 15.1 Å². The lowest BCUT2D eigenvalue weighted by molar-refractivity contribution is -0.137. The fourth-order valence-electron chi connectivity index (χ4n) is 3.90. The van der Waals surface area contributed by atoms with Crippen LogP contribution in [0.5, 0.6) is 17.2 Å². The standard InChI is InChI=1S/C23H25F3N4O3/c1-3-27-22(31)30-10-4-9-29(11-12-30)21-17-14-16(32-2)6-8-19(17)33-20-7-5-15(23(24,25)26)13-18(20)28-21/h5-8,13-14H,3-4,9-12H2,1-2H3,(H,27,31). The number of methoxy groups -OCH3 is 1. The van der Waals surface area contributed by atoms with E-state index < -0.39 is 11.7 Å². The average molecular weight is 462 g/mol. The average Bonchev–Trinajstić information content (AvgIpc) is 3.12. The van der Waals surface area contributed by atoms with E-state index in [0.717, 1.165) is 12.1 Å². The molecule has 176 valence electrons. The smallest absolute Gasteiger partial charge is 0.416 e. The number of alkyl halides is 3. The highest BCUT2D eigenvalue weighted by Gasteiger charge is 2.33. The van der Waals surface area contributed by atoms with Gasteiger partial charge in [0.05, 0.1) is 18.2 Å². The molecule has 0 bridgehead atoms. The molecular formula is C23H25F3N4O3. The summed E-state index contributed by atoms with van der Waals surface area (Å²) >= 11 is 0. The summed E-state index contributed by atoms with van der Waals surface area (Å²) in [5.74, 6) is 1.77. The summed E-state index contributed by atoms with van der Waals surface area (Å²) in [5.41, 5.74) is -0.0832. The van der Waals surface area contributed by atoms with Crippen molar-refractivity contribution >= 4 is 17.6 Å². The zero-order valence-electron chi connectivity index (χ0n) is 18.4. The van der Waals surface area contributed by atoms with Crippen molar-refractivity contribution in [3.8, 4) is 17.2 Å². The van der Waals surface area contributed by atoms with Gasteiger partial charge >= 0.3 is 12.2 Å². The van der Waals surface area contributed by atoms with Gasteiger partial charge in [-0.15, -0.1) is 0 Å². The lowest BCUT2D eigenvalue weighted by Crippen LogP contribution is -2.42. The zero-order valence-corrected chi connectivity index (χ0v) is 18.4. The fourth-order valence-corrected chi connectivity index (χ4v) is 3.90. The van der Waals surface area contributed by atoms with Crippen LogP contribution in [0.3, 0.4) is 0 Å². The second kappa shape index (κ2) is 9.21. The van der Waals surface area contributed by atoms with Crippen LogP contribution >= 0.6 is 0 Å². The van der Waals surface area contributed by atoms with Gasteiger partial charge in [-0.2, -0.15) is 13.2 Å². The quantitative estimate of drug-likeness (QED) is 0.707. The van der Waals surface area contributed by atoms with Crippen LogP contribution in [0.2, 0.25) is 0 Å². The minimum Gasteiger partial charge on any atom is -0.497 e. The maximum atomic E-state index is 13.3. The molecule has 2 heterocycles. The highest BCUT2D eigenvalue weighted by Crippen LogP contribution is 2.42. The lowest BCUT2D eigenvalue weighted by atomic mass is 10.1. The number of hydrogen-bond donors (Lipinski definition) is 1. The molecule has 0 aromatic heterocycles. The van der Waals surface area contributed by atoms with Gasteiger partial charge in [0.2, 0.25) is 0 Å². The van der Waals surface area contributed by atoms with Crippen molar-refractivity contribution < 1.29 is 27.4 Å². The number of nitrogens with zero attached hydrogens (tertiary/aromatic N) is 3. The molecule has 2 aliphatic rings. The molecule has 2 aliphatic heterocycles. The van der Waals surface area contributed by atoms with E-state index in [2.05, 4.69) is 10.3 Å². The van der Waals surface area contributed by atoms with Crippen molar-refractivity contribution in [3.05, 3.63) is 47.5 Å². The molecule has 1 N–H and O–H groups in total. The third kappa shape index (κ3) is 4.84. The Labute approximate surface area is 189 Å². The van der Waals surface area contributed by atoms with Crippen molar-refractivity contribution in [2.75, 3.05) is 39.8 Å². The Hall–Kier alpha value is -3.43. The highest BCUT2D eigenvalue weighted by atomic mass is 19.4. The molecule has 1 fully saturated rings. The van der Waals surface area contributed by atoms with Gasteiger partial charge < -0.3 is 24.6 Å². The van der Waals surface area contributed by atoms with Gasteiger partial charge in [0.25, 0.3) is 0 Å². The van der Waals surface area contributed by atoms with E-state index >= 15 is 0 Å². The van der Waals surface area contributed by atoms with Crippen molar-refractivity contribution in [2.45, 2.75) is 19.5 Å². The number of halogens is 3. The lowest BCUT2D eigenvalue weighted by Gasteiger charge is -2.25. The number of benzene rings is 2. The number of ether oxygens (including phenoxy) is 2. The van der Waals surface area contributed by atoms with Gasteiger partial charge in [-0.25, -0.2) is 9.79 Å². The summed E-state index contributed by atoms with van der Waals surface area (Å²) in [6, 6.07) is 8.35. The maximum Gasteiger partial charge on any atom is 0.416 e. The molecule has 0 aliphatic carbocycles. The van der Waals surface area contributed by atoms with Crippen LogP contribution in [0, 0.1) is 0 Å². The first-order chi connectivity index (χ1) is 15.8. The number of nitrogens with one attached hydrogen (secondary N) is 1. The van der Waals surface area contributed by atoms with E-state index in [0.29, 0.717) is 62.0 Å². The number of carbonyl (C=O) groups excluding carboxylic acids is 1. The molecule has 0 radical (unpaired) electrons. The van der Waals surface area contributed by atoms with Gasteiger partial charge in [0, 0.05) is 32.7 Å². The summed E-state index contributed by atoms with van der Waals surface area (Å²) in [7, 11) is 1.54. The Kier molecular flexibility index (Phi) is 6.35. The molecule has 0 spiro atoms.